The number of carbonyl (C=O) groups excluding carboxylic acids is 1. The minimum absolute atomic E-state index is 0.161. The molecule has 3 nitrogen and oxygen atoms in total. The monoisotopic (exact) mass is 297 g/mol. The van der Waals surface area contributed by atoms with E-state index in [1.54, 1.807) is 0 Å². The SMILES string of the molecule is COC(=O)CCNC1CCc2cc(Br)ccc21. The smallest absolute Gasteiger partial charge is 0.306 e. The zero-order valence-electron chi connectivity index (χ0n) is 9.83. The molecule has 1 aliphatic carbocycles. The molecule has 0 bridgehead atoms. The third-order valence-electron chi connectivity index (χ3n) is 3.13. The summed E-state index contributed by atoms with van der Waals surface area (Å²) in [7, 11) is 1.42. The Morgan fingerprint density at radius 1 is 1.59 bits per heavy atom. The van der Waals surface area contributed by atoms with Gasteiger partial charge in [-0.1, -0.05) is 22.0 Å². The molecular weight excluding hydrogens is 282 g/mol. The Hall–Kier alpha value is -0.870. The largest absolute Gasteiger partial charge is 0.469 e. The van der Waals surface area contributed by atoms with Crippen LogP contribution in [0.15, 0.2) is 22.7 Å². The Labute approximate surface area is 110 Å². The van der Waals surface area contributed by atoms with Crippen LogP contribution in [0.5, 0.6) is 0 Å². The highest BCUT2D eigenvalue weighted by molar-refractivity contribution is 9.10. The number of hydrogen-bond donors (Lipinski definition) is 1. The number of rotatable bonds is 4. The number of benzene rings is 1. The molecule has 0 aliphatic heterocycles. The van der Waals surface area contributed by atoms with Crippen LogP contribution in [0.25, 0.3) is 0 Å². The normalized spacial score (nSPS) is 17.9. The minimum Gasteiger partial charge on any atom is -0.469 e. The van der Waals surface area contributed by atoms with Gasteiger partial charge in [0.2, 0.25) is 0 Å². The molecule has 1 atom stereocenters. The van der Waals surface area contributed by atoms with Crippen LogP contribution in [0, 0.1) is 0 Å². The van der Waals surface area contributed by atoms with Crippen LogP contribution in [0.1, 0.15) is 30.0 Å². The number of esters is 1. The van der Waals surface area contributed by atoms with Crippen molar-refractivity contribution in [2.24, 2.45) is 0 Å². The number of halogens is 1. The van der Waals surface area contributed by atoms with Gasteiger partial charge >= 0.3 is 5.97 Å². The number of nitrogens with one attached hydrogen (secondary N) is 1. The maximum Gasteiger partial charge on any atom is 0.306 e. The molecule has 1 N–H and O–H groups in total. The first-order valence-electron chi connectivity index (χ1n) is 5.79. The van der Waals surface area contributed by atoms with Crippen LogP contribution in [0.2, 0.25) is 0 Å². The molecule has 1 aliphatic rings. The van der Waals surface area contributed by atoms with Crippen molar-refractivity contribution in [3.05, 3.63) is 33.8 Å². The Morgan fingerprint density at radius 3 is 3.18 bits per heavy atom. The quantitative estimate of drug-likeness (QED) is 0.868. The van der Waals surface area contributed by atoms with Gasteiger partial charge in [0.05, 0.1) is 13.5 Å². The zero-order chi connectivity index (χ0) is 12.3. The second kappa shape index (κ2) is 5.65. The maximum absolute atomic E-state index is 11.0. The fourth-order valence-corrected chi connectivity index (χ4v) is 2.66. The van der Waals surface area contributed by atoms with Gasteiger partial charge in [-0.2, -0.15) is 0 Å². The van der Waals surface area contributed by atoms with Gasteiger partial charge in [0.25, 0.3) is 0 Å². The van der Waals surface area contributed by atoms with E-state index < -0.39 is 0 Å². The molecule has 0 radical (unpaired) electrons. The summed E-state index contributed by atoms with van der Waals surface area (Å²) in [5.41, 5.74) is 2.76. The van der Waals surface area contributed by atoms with Gasteiger partial charge in [-0.15, -0.1) is 0 Å². The molecule has 0 spiro atoms. The first kappa shape index (κ1) is 12.6. The van der Waals surface area contributed by atoms with E-state index in [0.29, 0.717) is 19.0 Å². The van der Waals surface area contributed by atoms with Crippen molar-refractivity contribution < 1.29 is 9.53 Å². The van der Waals surface area contributed by atoms with E-state index in [9.17, 15) is 4.79 Å². The first-order chi connectivity index (χ1) is 8.20. The molecule has 0 saturated carbocycles. The lowest BCUT2D eigenvalue weighted by Crippen LogP contribution is -2.22. The van der Waals surface area contributed by atoms with Crippen LogP contribution in [-0.2, 0) is 16.0 Å². The second-order valence-electron chi connectivity index (χ2n) is 4.21. The van der Waals surface area contributed by atoms with E-state index in [2.05, 4.69) is 44.2 Å². The predicted octanol–water partition coefficient (Wildman–Crippen LogP) is 2.59. The van der Waals surface area contributed by atoms with Crippen LogP contribution >= 0.6 is 15.9 Å². The standard InChI is InChI=1S/C13H16BrNO2/c1-17-13(16)6-7-15-12-5-2-9-8-10(14)3-4-11(9)12/h3-4,8,12,15H,2,5-7H2,1H3. The molecule has 0 heterocycles. The summed E-state index contributed by atoms with van der Waals surface area (Å²) in [6.07, 6.45) is 2.64. The maximum atomic E-state index is 11.0. The summed E-state index contributed by atoms with van der Waals surface area (Å²) in [6.45, 7) is 0.673. The fourth-order valence-electron chi connectivity index (χ4n) is 2.25. The van der Waals surface area contributed by atoms with Gasteiger partial charge < -0.3 is 10.1 Å². The van der Waals surface area contributed by atoms with Crippen LogP contribution in [-0.4, -0.2) is 19.6 Å². The summed E-state index contributed by atoms with van der Waals surface area (Å²) in [5.74, 6) is -0.161. The number of ether oxygens (including phenoxy) is 1. The summed E-state index contributed by atoms with van der Waals surface area (Å²) in [4.78, 5) is 11.0. The molecule has 17 heavy (non-hydrogen) atoms. The van der Waals surface area contributed by atoms with Crippen molar-refractivity contribution in [1.82, 2.24) is 5.32 Å². The van der Waals surface area contributed by atoms with E-state index in [0.717, 1.165) is 17.3 Å². The third-order valence-corrected chi connectivity index (χ3v) is 3.62. The number of methoxy groups -OCH3 is 1. The van der Waals surface area contributed by atoms with E-state index in [1.165, 1.54) is 18.2 Å². The summed E-state index contributed by atoms with van der Waals surface area (Å²) >= 11 is 3.48. The van der Waals surface area contributed by atoms with E-state index in [1.807, 2.05) is 0 Å². The average Bonchev–Trinajstić information content (AvgIpc) is 2.71. The van der Waals surface area contributed by atoms with Crippen molar-refractivity contribution >= 4 is 21.9 Å². The van der Waals surface area contributed by atoms with Gasteiger partial charge in [0.15, 0.2) is 0 Å². The molecule has 1 aromatic carbocycles. The molecule has 0 aromatic heterocycles. The van der Waals surface area contributed by atoms with Gasteiger partial charge in [0, 0.05) is 17.1 Å². The van der Waals surface area contributed by atoms with Gasteiger partial charge in [-0.25, -0.2) is 0 Å². The van der Waals surface area contributed by atoms with Crippen molar-refractivity contribution in [3.8, 4) is 0 Å². The molecule has 0 saturated heterocycles. The molecule has 0 amide bonds. The lowest BCUT2D eigenvalue weighted by molar-refractivity contribution is -0.140. The topological polar surface area (TPSA) is 38.3 Å². The highest BCUT2D eigenvalue weighted by atomic mass is 79.9. The predicted molar refractivity (Wildman–Crippen MR) is 69.8 cm³/mol. The zero-order valence-corrected chi connectivity index (χ0v) is 11.4. The molecule has 1 unspecified atom stereocenters. The van der Waals surface area contributed by atoms with Gasteiger partial charge in [-0.3, -0.25) is 4.79 Å². The van der Waals surface area contributed by atoms with Crippen LogP contribution in [0.3, 0.4) is 0 Å². The summed E-state index contributed by atoms with van der Waals surface area (Å²) in [6, 6.07) is 6.78. The summed E-state index contributed by atoms with van der Waals surface area (Å²) in [5, 5.41) is 3.41. The molecule has 2 rings (SSSR count). The number of carbonyl (C=O) groups is 1. The summed E-state index contributed by atoms with van der Waals surface area (Å²) < 4.78 is 5.75. The number of fused-ring (bicyclic) bond motifs is 1. The van der Waals surface area contributed by atoms with Crippen molar-refractivity contribution in [1.29, 1.82) is 0 Å². The molecular formula is C13H16BrNO2. The highest BCUT2D eigenvalue weighted by Crippen LogP contribution is 2.32. The van der Waals surface area contributed by atoms with Crippen molar-refractivity contribution in [2.75, 3.05) is 13.7 Å². The number of hydrogen-bond acceptors (Lipinski definition) is 3. The lowest BCUT2D eigenvalue weighted by Gasteiger charge is -2.13. The highest BCUT2D eigenvalue weighted by Gasteiger charge is 2.21. The Morgan fingerprint density at radius 2 is 2.41 bits per heavy atom. The second-order valence-corrected chi connectivity index (χ2v) is 5.13. The van der Waals surface area contributed by atoms with Crippen molar-refractivity contribution in [3.63, 3.8) is 0 Å². The van der Waals surface area contributed by atoms with Gasteiger partial charge in [0.1, 0.15) is 0 Å². The molecule has 4 heteroatoms. The average molecular weight is 298 g/mol. The molecule has 92 valence electrons. The lowest BCUT2D eigenvalue weighted by atomic mass is 10.1. The Bertz CT molecular complexity index is 420. The van der Waals surface area contributed by atoms with E-state index in [-0.39, 0.29) is 5.97 Å². The fraction of sp³-hybridized carbons (Fsp3) is 0.462. The third kappa shape index (κ3) is 3.07. The number of aryl methyl sites for hydroxylation is 1. The van der Waals surface area contributed by atoms with Crippen molar-refractivity contribution in [2.45, 2.75) is 25.3 Å². The van der Waals surface area contributed by atoms with Crippen LogP contribution < -0.4 is 5.32 Å². The minimum atomic E-state index is -0.161. The van der Waals surface area contributed by atoms with Crippen LogP contribution in [0.4, 0.5) is 0 Å². The first-order valence-corrected chi connectivity index (χ1v) is 6.58. The Kier molecular flexibility index (Phi) is 4.18. The van der Waals surface area contributed by atoms with Gasteiger partial charge in [-0.05, 0) is 36.1 Å². The molecule has 1 aromatic rings. The molecule has 0 fully saturated rings. The Balaban J connectivity index is 1.91. The van der Waals surface area contributed by atoms with E-state index >= 15 is 0 Å². The van der Waals surface area contributed by atoms with E-state index in [4.69, 9.17) is 0 Å².